The van der Waals surface area contributed by atoms with Gasteiger partial charge in [-0.2, -0.15) is 0 Å². The van der Waals surface area contributed by atoms with E-state index in [2.05, 4.69) is 45.0 Å². The highest BCUT2D eigenvalue weighted by molar-refractivity contribution is 7.80. The Morgan fingerprint density at radius 3 is 2.64 bits per heavy atom. The Balaban J connectivity index is 1.61. The molecule has 2 heterocycles. The van der Waals surface area contributed by atoms with E-state index >= 15 is 0 Å². The molecule has 1 atom stereocenters. The molecule has 1 aromatic carbocycles. The number of nitrogens with one attached hydrogen (secondary N) is 2. The van der Waals surface area contributed by atoms with E-state index in [-0.39, 0.29) is 11.9 Å². The van der Waals surface area contributed by atoms with Gasteiger partial charge in [0.1, 0.15) is 5.82 Å². The number of halogens is 1. The Labute approximate surface area is 157 Å². The number of thiophene rings is 1. The molecular weight excluding hydrogens is 355 g/mol. The first-order valence-electron chi connectivity index (χ1n) is 8.39. The molecule has 0 amide bonds. The summed E-state index contributed by atoms with van der Waals surface area (Å²) in [5.74, 6) is -0.305. The molecule has 0 bridgehead atoms. The van der Waals surface area contributed by atoms with Crippen molar-refractivity contribution >= 4 is 34.4 Å². The van der Waals surface area contributed by atoms with Crippen molar-refractivity contribution in [3.8, 4) is 0 Å². The van der Waals surface area contributed by atoms with Crippen LogP contribution in [0.5, 0.6) is 0 Å². The number of rotatable bonds is 5. The fraction of sp³-hybridized carbons (Fsp3) is 0.389. The number of nitrogens with zero attached hydrogens (tertiary/aromatic N) is 2. The van der Waals surface area contributed by atoms with Crippen LogP contribution in [0.4, 0.5) is 10.1 Å². The number of anilines is 1. The van der Waals surface area contributed by atoms with Gasteiger partial charge >= 0.3 is 0 Å². The average Bonchev–Trinajstić information content (AvgIpc) is 3.13. The lowest BCUT2D eigenvalue weighted by Crippen LogP contribution is -2.48. The second-order valence-electron chi connectivity index (χ2n) is 6.19. The first-order valence-corrected chi connectivity index (χ1v) is 9.67. The highest BCUT2D eigenvalue weighted by atomic mass is 32.1. The summed E-state index contributed by atoms with van der Waals surface area (Å²) in [7, 11) is 2.16. The van der Waals surface area contributed by atoms with Crippen molar-refractivity contribution in [1.82, 2.24) is 15.1 Å². The van der Waals surface area contributed by atoms with Crippen molar-refractivity contribution in [2.75, 3.05) is 45.1 Å². The summed E-state index contributed by atoms with van der Waals surface area (Å²) in [6.45, 7) is 4.91. The first kappa shape index (κ1) is 18.3. The minimum Gasteiger partial charge on any atom is -0.360 e. The lowest BCUT2D eigenvalue weighted by atomic mass is 10.1. The Kier molecular flexibility index (Phi) is 6.36. The number of hydrogen-bond acceptors (Lipinski definition) is 4. The fourth-order valence-electron chi connectivity index (χ4n) is 2.94. The van der Waals surface area contributed by atoms with Crippen molar-refractivity contribution in [2.24, 2.45) is 0 Å². The van der Waals surface area contributed by atoms with Gasteiger partial charge in [0.05, 0.1) is 11.7 Å². The van der Waals surface area contributed by atoms with Crippen LogP contribution in [-0.4, -0.2) is 54.7 Å². The molecule has 1 saturated heterocycles. The molecule has 0 aliphatic carbocycles. The minimum atomic E-state index is -0.305. The second kappa shape index (κ2) is 8.71. The molecule has 3 rings (SSSR count). The van der Waals surface area contributed by atoms with E-state index in [0.717, 1.165) is 26.2 Å². The Bertz CT molecular complexity index is 684. The van der Waals surface area contributed by atoms with Gasteiger partial charge in [0, 0.05) is 37.6 Å². The van der Waals surface area contributed by atoms with E-state index in [4.69, 9.17) is 12.2 Å². The molecule has 134 valence electrons. The third-order valence-corrected chi connectivity index (χ3v) is 5.65. The zero-order valence-electron chi connectivity index (χ0n) is 14.2. The smallest absolute Gasteiger partial charge is 0.170 e. The Hall–Kier alpha value is -1.54. The summed E-state index contributed by atoms with van der Waals surface area (Å²) in [5, 5.41) is 8.75. The largest absolute Gasteiger partial charge is 0.360 e. The topological polar surface area (TPSA) is 30.5 Å². The quantitative estimate of drug-likeness (QED) is 0.781. The van der Waals surface area contributed by atoms with E-state index in [1.165, 1.54) is 10.9 Å². The number of para-hydroxylation sites is 1. The number of benzene rings is 1. The molecular formula is C18H23FN4S2. The van der Waals surface area contributed by atoms with Gasteiger partial charge in [-0.25, -0.2) is 4.39 Å². The molecule has 4 nitrogen and oxygen atoms in total. The average molecular weight is 379 g/mol. The molecule has 25 heavy (non-hydrogen) atoms. The fourth-order valence-corrected chi connectivity index (χ4v) is 4.00. The van der Waals surface area contributed by atoms with Gasteiger partial charge < -0.3 is 15.5 Å². The predicted molar refractivity (Wildman–Crippen MR) is 107 cm³/mol. The highest BCUT2D eigenvalue weighted by Gasteiger charge is 2.24. The first-order chi connectivity index (χ1) is 12.1. The van der Waals surface area contributed by atoms with E-state index in [9.17, 15) is 4.39 Å². The Morgan fingerprint density at radius 2 is 1.96 bits per heavy atom. The summed E-state index contributed by atoms with van der Waals surface area (Å²) >= 11 is 7.12. The van der Waals surface area contributed by atoms with Crippen molar-refractivity contribution in [3.63, 3.8) is 0 Å². The summed E-state index contributed by atoms with van der Waals surface area (Å²) in [6, 6.07) is 11.1. The van der Waals surface area contributed by atoms with E-state index in [0.29, 0.717) is 17.3 Å². The van der Waals surface area contributed by atoms with Crippen molar-refractivity contribution in [2.45, 2.75) is 6.04 Å². The van der Waals surface area contributed by atoms with Crippen LogP contribution in [0, 0.1) is 5.82 Å². The Morgan fingerprint density at radius 1 is 1.20 bits per heavy atom. The summed E-state index contributed by atoms with van der Waals surface area (Å²) in [5.41, 5.74) is 0.396. The number of piperazine rings is 1. The minimum absolute atomic E-state index is 0.272. The van der Waals surface area contributed by atoms with Gasteiger partial charge in [-0.15, -0.1) is 11.3 Å². The van der Waals surface area contributed by atoms with Gasteiger partial charge in [0.2, 0.25) is 0 Å². The molecule has 1 fully saturated rings. The standard InChI is InChI=1S/C18H23FN4S2/c1-22-8-10-23(11-9-22)16(17-7-4-12-25-17)13-20-18(24)21-15-6-3-2-5-14(15)19/h2-7,12,16H,8-11,13H2,1H3,(H2,20,21,24). The molecule has 1 unspecified atom stereocenters. The third-order valence-electron chi connectivity index (χ3n) is 4.43. The molecule has 1 aliphatic rings. The maximum Gasteiger partial charge on any atom is 0.170 e. The van der Waals surface area contributed by atoms with Gasteiger partial charge in [-0.3, -0.25) is 4.90 Å². The molecule has 2 N–H and O–H groups in total. The second-order valence-corrected chi connectivity index (χ2v) is 7.57. The van der Waals surface area contributed by atoms with Crippen LogP contribution in [-0.2, 0) is 0 Å². The number of thiocarbonyl (C=S) groups is 1. The van der Waals surface area contributed by atoms with E-state index in [1.54, 1.807) is 29.5 Å². The SMILES string of the molecule is CN1CCN(C(CNC(=S)Nc2ccccc2F)c2cccs2)CC1. The van der Waals surface area contributed by atoms with Crippen molar-refractivity contribution in [1.29, 1.82) is 0 Å². The van der Waals surface area contributed by atoms with Crippen LogP contribution >= 0.6 is 23.6 Å². The van der Waals surface area contributed by atoms with Gasteiger partial charge in [0.15, 0.2) is 5.11 Å². The van der Waals surface area contributed by atoms with Crippen molar-refractivity contribution in [3.05, 3.63) is 52.5 Å². The zero-order chi connectivity index (χ0) is 17.6. The zero-order valence-corrected chi connectivity index (χ0v) is 15.9. The molecule has 0 saturated carbocycles. The van der Waals surface area contributed by atoms with E-state index in [1.807, 2.05) is 0 Å². The van der Waals surface area contributed by atoms with Crippen molar-refractivity contribution < 1.29 is 4.39 Å². The van der Waals surface area contributed by atoms with Crippen LogP contribution in [0.3, 0.4) is 0 Å². The third kappa shape index (κ3) is 4.98. The number of likely N-dealkylation sites (N-methyl/N-ethyl adjacent to an activating group) is 1. The molecule has 0 radical (unpaired) electrons. The molecule has 7 heteroatoms. The molecule has 2 aromatic rings. The van der Waals surface area contributed by atoms with E-state index < -0.39 is 0 Å². The summed E-state index contributed by atoms with van der Waals surface area (Å²) < 4.78 is 13.7. The monoisotopic (exact) mass is 378 g/mol. The van der Waals surface area contributed by atoms with Gasteiger partial charge in [-0.1, -0.05) is 18.2 Å². The number of hydrogen-bond donors (Lipinski definition) is 2. The summed E-state index contributed by atoms with van der Waals surface area (Å²) in [4.78, 5) is 6.16. The van der Waals surface area contributed by atoms with Gasteiger partial charge in [0.25, 0.3) is 0 Å². The molecule has 0 spiro atoms. The summed E-state index contributed by atoms with van der Waals surface area (Å²) in [6.07, 6.45) is 0. The maximum absolute atomic E-state index is 13.7. The van der Waals surface area contributed by atoms with Crippen LogP contribution in [0.25, 0.3) is 0 Å². The van der Waals surface area contributed by atoms with Crippen LogP contribution < -0.4 is 10.6 Å². The lowest BCUT2D eigenvalue weighted by molar-refractivity contribution is 0.114. The molecule has 1 aliphatic heterocycles. The maximum atomic E-state index is 13.7. The predicted octanol–water partition coefficient (Wildman–Crippen LogP) is 3.16. The highest BCUT2D eigenvalue weighted by Crippen LogP contribution is 2.25. The van der Waals surface area contributed by atoms with Crippen LogP contribution in [0.1, 0.15) is 10.9 Å². The molecule has 1 aromatic heterocycles. The van der Waals surface area contributed by atoms with Crippen LogP contribution in [0.15, 0.2) is 41.8 Å². The lowest BCUT2D eigenvalue weighted by Gasteiger charge is -2.37. The van der Waals surface area contributed by atoms with Crippen LogP contribution in [0.2, 0.25) is 0 Å². The normalized spacial score (nSPS) is 17.2. The van der Waals surface area contributed by atoms with Gasteiger partial charge in [-0.05, 0) is 42.8 Å².